The van der Waals surface area contributed by atoms with Gasteiger partial charge < -0.3 is 5.32 Å². The minimum atomic E-state index is -0.0854. The highest BCUT2D eigenvalue weighted by Gasteiger charge is 2.15. The number of hydrogen-bond acceptors (Lipinski definition) is 4. The molecule has 0 saturated carbocycles. The molecule has 0 spiro atoms. The third-order valence-corrected chi connectivity index (χ3v) is 5.61. The van der Waals surface area contributed by atoms with E-state index in [0.29, 0.717) is 11.4 Å². The summed E-state index contributed by atoms with van der Waals surface area (Å²) in [7, 11) is 0. The highest BCUT2D eigenvalue weighted by Crippen LogP contribution is 2.27. The molecule has 2 heterocycles. The highest BCUT2D eigenvalue weighted by molar-refractivity contribution is 7.17. The van der Waals surface area contributed by atoms with Gasteiger partial charge in [-0.25, -0.2) is 4.98 Å². The molecule has 0 aliphatic heterocycles. The molecule has 140 valence electrons. The van der Waals surface area contributed by atoms with Gasteiger partial charge in [0.05, 0.1) is 12.2 Å². The Morgan fingerprint density at radius 1 is 1.04 bits per heavy atom. The second kappa shape index (κ2) is 8.19. The molecule has 0 aliphatic rings. The minimum absolute atomic E-state index is 0.0854. The molecule has 0 fully saturated rings. The third kappa shape index (κ3) is 4.18. The molecule has 0 radical (unpaired) electrons. The number of carbonyl (C=O) groups excluding carboxylic acids is 1. The number of thiazole rings is 1. The highest BCUT2D eigenvalue weighted by atomic mass is 32.1. The van der Waals surface area contributed by atoms with Crippen molar-refractivity contribution in [3.05, 3.63) is 94.8 Å². The molecule has 5 nitrogen and oxygen atoms in total. The zero-order valence-corrected chi connectivity index (χ0v) is 16.3. The van der Waals surface area contributed by atoms with Crippen LogP contribution in [0.3, 0.4) is 0 Å². The van der Waals surface area contributed by atoms with E-state index in [1.54, 1.807) is 6.20 Å². The molecule has 6 heteroatoms. The van der Waals surface area contributed by atoms with Crippen LogP contribution in [0.2, 0.25) is 0 Å². The van der Waals surface area contributed by atoms with E-state index in [9.17, 15) is 4.79 Å². The fourth-order valence-corrected chi connectivity index (χ4v) is 3.91. The van der Waals surface area contributed by atoms with Crippen LogP contribution in [0.25, 0.3) is 10.6 Å². The molecule has 1 N–H and O–H groups in total. The number of carbonyl (C=O) groups is 1. The number of benzene rings is 2. The van der Waals surface area contributed by atoms with Crippen molar-refractivity contribution >= 4 is 17.2 Å². The largest absolute Gasteiger partial charge is 0.347 e. The van der Waals surface area contributed by atoms with Crippen molar-refractivity contribution in [3.8, 4) is 10.6 Å². The summed E-state index contributed by atoms with van der Waals surface area (Å²) in [5.41, 5.74) is 4.02. The first kappa shape index (κ1) is 18.1. The summed E-state index contributed by atoms with van der Waals surface area (Å²) in [4.78, 5) is 17.8. The van der Waals surface area contributed by atoms with Gasteiger partial charge in [-0.1, -0.05) is 54.6 Å². The fraction of sp³-hybridized carbons (Fsp3) is 0.136. The Hall–Kier alpha value is -3.25. The molecule has 1 amide bonds. The molecule has 0 unspecified atom stereocenters. The number of aromatic nitrogens is 3. The molecule has 0 atom stereocenters. The standard InChI is InChI=1S/C22H20N4OS/c1-16-20(28-22(25-16)19-6-3-2-4-7-19)21(27)23-14-17-8-10-18(11-9-17)15-26-13-5-12-24-26/h2-13H,14-15H2,1H3,(H,23,27). The molecule has 0 aliphatic carbocycles. The number of nitrogens with one attached hydrogen (secondary N) is 1. The summed E-state index contributed by atoms with van der Waals surface area (Å²) in [6, 6.07) is 20.0. The Morgan fingerprint density at radius 2 is 1.79 bits per heavy atom. The fourth-order valence-electron chi connectivity index (χ4n) is 2.92. The quantitative estimate of drug-likeness (QED) is 0.536. The van der Waals surface area contributed by atoms with E-state index < -0.39 is 0 Å². The van der Waals surface area contributed by atoms with Crippen molar-refractivity contribution < 1.29 is 4.79 Å². The average molecular weight is 388 g/mol. The maximum absolute atomic E-state index is 12.6. The molecule has 2 aromatic carbocycles. The summed E-state index contributed by atoms with van der Waals surface area (Å²) in [5.74, 6) is -0.0854. The monoisotopic (exact) mass is 388 g/mol. The van der Waals surface area contributed by atoms with Gasteiger partial charge in [0.15, 0.2) is 0 Å². The van der Waals surface area contributed by atoms with E-state index in [-0.39, 0.29) is 5.91 Å². The zero-order valence-electron chi connectivity index (χ0n) is 15.5. The molecule has 28 heavy (non-hydrogen) atoms. The van der Waals surface area contributed by atoms with Crippen molar-refractivity contribution in [2.75, 3.05) is 0 Å². The van der Waals surface area contributed by atoms with Crippen LogP contribution in [0.15, 0.2) is 73.1 Å². The molecular weight excluding hydrogens is 368 g/mol. The Bertz CT molecular complexity index is 1050. The molecule has 0 saturated heterocycles. The summed E-state index contributed by atoms with van der Waals surface area (Å²) >= 11 is 1.43. The van der Waals surface area contributed by atoms with E-state index in [4.69, 9.17) is 0 Å². The second-order valence-corrected chi connectivity index (χ2v) is 7.50. The van der Waals surface area contributed by atoms with E-state index >= 15 is 0 Å². The molecular formula is C22H20N4OS. The predicted molar refractivity (Wildman–Crippen MR) is 111 cm³/mol. The van der Waals surface area contributed by atoms with Crippen molar-refractivity contribution in [1.82, 2.24) is 20.1 Å². The Balaban J connectivity index is 1.38. The lowest BCUT2D eigenvalue weighted by atomic mass is 10.1. The molecule has 0 bridgehead atoms. The van der Waals surface area contributed by atoms with Gasteiger partial charge in [-0.3, -0.25) is 9.48 Å². The molecule has 4 rings (SSSR count). The zero-order chi connectivity index (χ0) is 19.3. The van der Waals surface area contributed by atoms with Crippen molar-refractivity contribution in [2.45, 2.75) is 20.0 Å². The predicted octanol–water partition coefficient (Wildman–Crippen LogP) is 4.29. The van der Waals surface area contributed by atoms with Crippen LogP contribution in [0.4, 0.5) is 0 Å². The minimum Gasteiger partial charge on any atom is -0.347 e. The number of rotatable bonds is 6. The third-order valence-electron chi connectivity index (χ3n) is 4.40. The maximum atomic E-state index is 12.6. The van der Waals surface area contributed by atoms with Gasteiger partial charge in [0.2, 0.25) is 0 Å². The van der Waals surface area contributed by atoms with Gasteiger partial charge in [0, 0.05) is 24.5 Å². The number of hydrogen-bond donors (Lipinski definition) is 1. The summed E-state index contributed by atoms with van der Waals surface area (Å²) < 4.78 is 1.88. The van der Waals surface area contributed by atoms with Gasteiger partial charge in [-0.15, -0.1) is 11.3 Å². The van der Waals surface area contributed by atoms with Gasteiger partial charge >= 0.3 is 0 Å². The normalized spacial score (nSPS) is 10.8. The van der Waals surface area contributed by atoms with Crippen LogP contribution < -0.4 is 5.32 Å². The number of aryl methyl sites for hydroxylation is 1. The van der Waals surface area contributed by atoms with Gasteiger partial charge in [-0.05, 0) is 24.1 Å². The van der Waals surface area contributed by atoms with Crippen molar-refractivity contribution in [2.24, 2.45) is 0 Å². The van der Waals surface area contributed by atoms with Gasteiger partial charge in [0.1, 0.15) is 9.88 Å². The maximum Gasteiger partial charge on any atom is 0.263 e. The Labute approximate surface area is 167 Å². The first-order valence-corrected chi connectivity index (χ1v) is 9.87. The van der Waals surface area contributed by atoms with Crippen LogP contribution in [-0.4, -0.2) is 20.7 Å². The summed E-state index contributed by atoms with van der Waals surface area (Å²) in [6.45, 7) is 3.10. The van der Waals surface area contributed by atoms with Gasteiger partial charge in [0.25, 0.3) is 5.91 Å². The molecule has 2 aromatic heterocycles. The van der Waals surface area contributed by atoms with E-state index in [0.717, 1.165) is 28.4 Å². The smallest absolute Gasteiger partial charge is 0.263 e. The molecule has 4 aromatic rings. The lowest BCUT2D eigenvalue weighted by molar-refractivity contribution is 0.0954. The van der Waals surface area contributed by atoms with E-state index in [1.807, 2.05) is 66.3 Å². The van der Waals surface area contributed by atoms with E-state index in [1.165, 1.54) is 16.9 Å². The average Bonchev–Trinajstić information content (AvgIpc) is 3.37. The van der Waals surface area contributed by atoms with Crippen LogP contribution in [0.5, 0.6) is 0 Å². The lowest BCUT2D eigenvalue weighted by Crippen LogP contribution is -2.22. The van der Waals surface area contributed by atoms with E-state index in [2.05, 4.69) is 27.5 Å². The number of nitrogens with zero attached hydrogens (tertiary/aromatic N) is 3. The number of amides is 1. The van der Waals surface area contributed by atoms with Crippen LogP contribution in [-0.2, 0) is 13.1 Å². The second-order valence-electron chi connectivity index (χ2n) is 6.50. The topological polar surface area (TPSA) is 59.8 Å². The SMILES string of the molecule is Cc1nc(-c2ccccc2)sc1C(=O)NCc1ccc(Cn2cccn2)cc1. The Kier molecular flexibility index (Phi) is 5.30. The van der Waals surface area contributed by atoms with Gasteiger partial charge in [-0.2, -0.15) is 5.10 Å². The first-order valence-electron chi connectivity index (χ1n) is 9.05. The Morgan fingerprint density at radius 3 is 2.50 bits per heavy atom. The lowest BCUT2D eigenvalue weighted by Gasteiger charge is -2.06. The summed E-state index contributed by atoms with van der Waals surface area (Å²) in [6.07, 6.45) is 3.71. The van der Waals surface area contributed by atoms with Crippen molar-refractivity contribution in [1.29, 1.82) is 0 Å². The first-order chi connectivity index (χ1) is 13.7. The van der Waals surface area contributed by atoms with Crippen LogP contribution >= 0.6 is 11.3 Å². The van der Waals surface area contributed by atoms with Crippen LogP contribution in [0, 0.1) is 6.92 Å². The van der Waals surface area contributed by atoms with Crippen molar-refractivity contribution in [3.63, 3.8) is 0 Å². The summed E-state index contributed by atoms with van der Waals surface area (Å²) in [5, 5.41) is 8.08. The van der Waals surface area contributed by atoms with Crippen LogP contribution in [0.1, 0.15) is 26.5 Å².